The highest BCUT2D eigenvalue weighted by Gasteiger charge is 2.18. The van der Waals surface area contributed by atoms with Crippen molar-refractivity contribution in [3.8, 4) is 5.75 Å². The monoisotopic (exact) mass is 234 g/mol. The van der Waals surface area contributed by atoms with Crippen molar-refractivity contribution in [3.05, 3.63) is 29.8 Å². The van der Waals surface area contributed by atoms with Crippen molar-refractivity contribution in [3.63, 3.8) is 0 Å². The van der Waals surface area contributed by atoms with Crippen LogP contribution in [0.2, 0.25) is 0 Å². The molecule has 1 heterocycles. The van der Waals surface area contributed by atoms with Gasteiger partial charge < -0.3 is 10.1 Å². The van der Waals surface area contributed by atoms with Crippen LogP contribution in [-0.4, -0.2) is 44.2 Å². The molecule has 1 aliphatic rings. The highest BCUT2D eigenvalue weighted by atomic mass is 16.5. The molecule has 1 N–H and O–H groups in total. The average Bonchev–Trinajstić information content (AvgIpc) is 2.85. The second-order valence-electron chi connectivity index (χ2n) is 4.74. The predicted molar refractivity (Wildman–Crippen MR) is 70.6 cm³/mol. The molecule has 0 saturated carbocycles. The Bertz CT molecular complexity index is 348. The Balaban J connectivity index is 1.74. The summed E-state index contributed by atoms with van der Waals surface area (Å²) < 4.78 is 5.80. The topological polar surface area (TPSA) is 24.5 Å². The number of rotatable bonds is 5. The van der Waals surface area contributed by atoms with Crippen molar-refractivity contribution in [2.75, 3.05) is 33.3 Å². The van der Waals surface area contributed by atoms with Gasteiger partial charge in [0.1, 0.15) is 12.4 Å². The summed E-state index contributed by atoms with van der Waals surface area (Å²) in [6.07, 6.45) is 1.25. The molecule has 1 unspecified atom stereocenters. The zero-order chi connectivity index (χ0) is 12.1. The molecule has 0 amide bonds. The lowest BCUT2D eigenvalue weighted by atomic mass is 10.2. The van der Waals surface area contributed by atoms with Gasteiger partial charge in [-0.25, -0.2) is 0 Å². The van der Waals surface area contributed by atoms with Crippen molar-refractivity contribution in [2.24, 2.45) is 0 Å². The Morgan fingerprint density at radius 3 is 2.94 bits per heavy atom. The van der Waals surface area contributed by atoms with Crippen LogP contribution < -0.4 is 10.1 Å². The molecule has 0 spiro atoms. The number of ether oxygens (including phenoxy) is 1. The van der Waals surface area contributed by atoms with Gasteiger partial charge in [0.15, 0.2) is 0 Å². The largest absolute Gasteiger partial charge is 0.492 e. The molecule has 1 fully saturated rings. The molecular weight excluding hydrogens is 212 g/mol. The highest BCUT2D eigenvalue weighted by Crippen LogP contribution is 2.16. The molecule has 1 atom stereocenters. The molecule has 94 valence electrons. The van der Waals surface area contributed by atoms with Crippen LogP contribution in [0.5, 0.6) is 5.75 Å². The fourth-order valence-electron chi connectivity index (χ4n) is 2.22. The SMILES string of the molecule is Cc1ccccc1OCCN(C)C1CCNC1. The van der Waals surface area contributed by atoms with Gasteiger partial charge in [-0.05, 0) is 38.6 Å². The Labute approximate surface area is 104 Å². The van der Waals surface area contributed by atoms with E-state index in [-0.39, 0.29) is 0 Å². The summed E-state index contributed by atoms with van der Waals surface area (Å²) in [7, 11) is 2.18. The normalized spacial score (nSPS) is 19.8. The molecule has 2 rings (SSSR count). The number of para-hydroxylation sites is 1. The number of aryl methyl sites for hydroxylation is 1. The van der Waals surface area contributed by atoms with E-state index >= 15 is 0 Å². The van der Waals surface area contributed by atoms with Gasteiger partial charge in [0.2, 0.25) is 0 Å². The maximum atomic E-state index is 5.80. The second kappa shape index (κ2) is 6.03. The summed E-state index contributed by atoms with van der Waals surface area (Å²) in [6.45, 7) is 6.09. The quantitative estimate of drug-likeness (QED) is 0.838. The van der Waals surface area contributed by atoms with Crippen LogP contribution in [0.1, 0.15) is 12.0 Å². The molecule has 3 nitrogen and oxygen atoms in total. The first-order chi connectivity index (χ1) is 8.27. The van der Waals surface area contributed by atoms with Crippen molar-refractivity contribution in [1.82, 2.24) is 10.2 Å². The van der Waals surface area contributed by atoms with Crippen molar-refractivity contribution in [1.29, 1.82) is 0 Å². The van der Waals surface area contributed by atoms with Gasteiger partial charge in [-0.15, -0.1) is 0 Å². The summed E-state index contributed by atoms with van der Waals surface area (Å²) in [5, 5.41) is 3.39. The van der Waals surface area contributed by atoms with Crippen LogP contribution in [0.15, 0.2) is 24.3 Å². The van der Waals surface area contributed by atoms with Gasteiger partial charge in [-0.2, -0.15) is 0 Å². The third-order valence-electron chi connectivity index (χ3n) is 3.45. The predicted octanol–water partition coefficient (Wildman–Crippen LogP) is 1.67. The zero-order valence-corrected chi connectivity index (χ0v) is 10.8. The van der Waals surface area contributed by atoms with E-state index in [0.29, 0.717) is 6.04 Å². The van der Waals surface area contributed by atoms with Crippen LogP contribution in [0.25, 0.3) is 0 Å². The third kappa shape index (κ3) is 3.45. The molecule has 1 aliphatic heterocycles. The number of hydrogen-bond acceptors (Lipinski definition) is 3. The van der Waals surface area contributed by atoms with Crippen LogP contribution in [0.4, 0.5) is 0 Å². The minimum Gasteiger partial charge on any atom is -0.492 e. The van der Waals surface area contributed by atoms with E-state index in [4.69, 9.17) is 4.74 Å². The molecule has 1 aromatic rings. The molecular formula is C14H22N2O. The van der Waals surface area contributed by atoms with Crippen LogP contribution in [0.3, 0.4) is 0 Å². The smallest absolute Gasteiger partial charge is 0.122 e. The number of nitrogens with zero attached hydrogens (tertiary/aromatic N) is 1. The summed E-state index contributed by atoms with van der Waals surface area (Å²) in [4.78, 5) is 2.39. The first kappa shape index (κ1) is 12.4. The van der Waals surface area contributed by atoms with E-state index in [1.807, 2.05) is 18.2 Å². The Morgan fingerprint density at radius 1 is 1.41 bits per heavy atom. The molecule has 1 aromatic carbocycles. The minimum absolute atomic E-state index is 0.676. The number of benzene rings is 1. The maximum Gasteiger partial charge on any atom is 0.122 e. The highest BCUT2D eigenvalue weighted by molar-refractivity contribution is 5.31. The molecule has 0 aliphatic carbocycles. The van der Waals surface area contributed by atoms with Crippen LogP contribution in [0, 0.1) is 6.92 Å². The first-order valence-electron chi connectivity index (χ1n) is 6.37. The lowest BCUT2D eigenvalue weighted by Crippen LogP contribution is -2.36. The van der Waals surface area contributed by atoms with Gasteiger partial charge in [0.05, 0.1) is 0 Å². The lowest BCUT2D eigenvalue weighted by Gasteiger charge is -2.23. The first-order valence-corrected chi connectivity index (χ1v) is 6.37. The van der Waals surface area contributed by atoms with E-state index in [1.54, 1.807) is 0 Å². The molecule has 0 radical (unpaired) electrons. The molecule has 1 saturated heterocycles. The summed E-state index contributed by atoms with van der Waals surface area (Å²) in [5.41, 5.74) is 1.21. The van der Waals surface area contributed by atoms with Crippen molar-refractivity contribution >= 4 is 0 Å². The van der Waals surface area contributed by atoms with E-state index in [1.165, 1.54) is 12.0 Å². The summed E-state index contributed by atoms with van der Waals surface area (Å²) >= 11 is 0. The Morgan fingerprint density at radius 2 is 2.24 bits per heavy atom. The Kier molecular flexibility index (Phi) is 4.40. The molecule has 17 heavy (non-hydrogen) atoms. The van der Waals surface area contributed by atoms with Crippen molar-refractivity contribution < 1.29 is 4.74 Å². The van der Waals surface area contributed by atoms with E-state index in [9.17, 15) is 0 Å². The molecule has 0 aromatic heterocycles. The van der Waals surface area contributed by atoms with Crippen molar-refractivity contribution in [2.45, 2.75) is 19.4 Å². The van der Waals surface area contributed by atoms with Gasteiger partial charge in [0, 0.05) is 19.1 Å². The van der Waals surface area contributed by atoms with Crippen LogP contribution in [-0.2, 0) is 0 Å². The van der Waals surface area contributed by atoms with Gasteiger partial charge >= 0.3 is 0 Å². The Hall–Kier alpha value is -1.06. The van der Waals surface area contributed by atoms with Gasteiger partial charge in [-0.3, -0.25) is 4.90 Å². The number of likely N-dealkylation sites (N-methyl/N-ethyl adjacent to an activating group) is 1. The summed E-state index contributed by atoms with van der Waals surface area (Å²) in [6, 6.07) is 8.85. The number of hydrogen-bond donors (Lipinski definition) is 1. The zero-order valence-electron chi connectivity index (χ0n) is 10.8. The lowest BCUT2D eigenvalue weighted by molar-refractivity contribution is 0.199. The van der Waals surface area contributed by atoms with E-state index < -0.39 is 0 Å². The minimum atomic E-state index is 0.676. The molecule has 0 bridgehead atoms. The number of nitrogens with one attached hydrogen (secondary N) is 1. The van der Waals surface area contributed by atoms with E-state index in [2.05, 4.69) is 30.3 Å². The maximum absolute atomic E-state index is 5.80. The van der Waals surface area contributed by atoms with E-state index in [0.717, 1.165) is 32.0 Å². The second-order valence-corrected chi connectivity index (χ2v) is 4.74. The fraction of sp³-hybridized carbons (Fsp3) is 0.571. The van der Waals surface area contributed by atoms with Crippen LogP contribution >= 0.6 is 0 Å². The standard InChI is InChI=1S/C14H22N2O/c1-12-5-3-4-6-14(12)17-10-9-16(2)13-7-8-15-11-13/h3-6,13,15H,7-11H2,1-2H3. The summed E-state index contributed by atoms with van der Waals surface area (Å²) in [5.74, 6) is 1.01. The van der Waals surface area contributed by atoms with Gasteiger partial charge in [-0.1, -0.05) is 18.2 Å². The molecule has 3 heteroatoms. The average molecular weight is 234 g/mol. The fourth-order valence-corrected chi connectivity index (χ4v) is 2.22. The van der Waals surface area contributed by atoms with Gasteiger partial charge in [0.25, 0.3) is 0 Å². The third-order valence-corrected chi connectivity index (χ3v) is 3.45.